The fraction of sp³-hybridized carbons (Fsp3) is 0.867. The van der Waals surface area contributed by atoms with Crippen LogP contribution >= 0.6 is 0 Å². The Kier molecular flexibility index (Phi) is 6.32. The first-order valence-corrected chi connectivity index (χ1v) is 7.43. The van der Waals surface area contributed by atoms with Crippen LogP contribution in [-0.4, -0.2) is 36.3 Å². The number of hydrogen-bond acceptors (Lipinski definition) is 2. The highest BCUT2D eigenvalue weighted by molar-refractivity contribution is 5.84. The molecule has 4 heteroatoms. The van der Waals surface area contributed by atoms with Gasteiger partial charge in [-0.2, -0.15) is 0 Å². The molecule has 0 aromatic heterocycles. The van der Waals surface area contributed by atoms with Crippen LogP contribution in [0.5, 0.6) is 0 Å². The summed E-state index contributed by atoms with van der Waals surface area (Å²) in [5, 5.41) is 2.74. The Labute approximate surface area is 116 Å². The van der Waals surface area contributed by atoms with Crippen molar-refractivity contribution < 1.29 is 9.59 Å². The number of likely N-dealkylation sites (tertiary alicyclic amines) is 1. The molecule has 0 aromatic carbocycles. The van der Waals surface area contributed by atoms with Gasteiger partial charge in [-0.3, -0.25) is 9.59 Å². The zero-order chi connectivity index (χ0) is 14.3. The van der Waals surface area contributed by atoms with Crippen LogP contribution in [-0.2, 0) is 9.59 Å². The normalized spacial score (nSPS) is 17.5. The van der Waals surface area contributed by atoms with Crippen LogP contribution in [0.25, 0.3) is 0 Å². The zero-order valence-electron chi connectivity index (χ0n) is 12.6. The number of rotatable bonds is 3. The van der Waals surface area contributed by atoms with Gasteiger partial charge in [-0.05, 0) is 18.3 Å². The Morgan fingerprint density at radius 3 is 2.05 bits per heavy atom. The lowest BCUT2D eigenvalue weighted by Gasteiger charge is -2.25. The topological polar surface area (TPSA) is 49.4 Å². The van der Waals surface area contributed by atoms with Crippen molar-refractivity contribution in [2.75, 3.05) is 19.6 Å². The molecular weight excluding hydrogens is 240 g/mol. The number of hydrogen-bond donors (Lipinski definition) is 1. The first-order chi connectivity index (χ1) is 8.88. The predicted molar refractivity (Wildman–Crippen MR) is 76.7 cm³/mol. The fourth-order valence-electron chi connectivity index (χ4n) is 2.33. The van der Waals surface area contributed by atoms with Crippen molar-refractivity contribution in [2.45, 2.75) is 59.3 Å². The van der Waals surface area contributed by atoms with Crippen molar-refractivity contribution in [3.05, 3.63) is 0 Å². The minimum atomic E-state index is -0.0344. The lowest BCUT2D eigenvalue weighted by Crippen LogP contribution is -2.42. The number of amides is 2. The molecule has 1 heterocycles. The lowest BCUT2D eigenvalue weighted by atomic mass is 9.92. The Balaban J connectivity index is 2.31. The van der Waals surface area contributed by atoms with E-state index in [1.54, 1.807) is 0 Å². The summed E-state index contributed by atoms with van der Waals surface area (Å²) in [6, 6.07) is 0. The molecule has 1 aliphatic rings. The summed E-state index contributed by atoms with van der Waals surface area (Å²) < 4.78 is 0. The number of nitrogens with zero attached hydrogens (tertiary/aromatic N) is 1. The van der Waals surface area contributed by atoms with Crippen LogP contribution in [0.2, 0.25) is 0 Å². The van der Waals surface area contributed by atoms with Crippen LogP contribution in [0.1, 0.15) is 59.3 Å². The Morgan fingerprint density at radius 1 is 1.00 bits per heavy atom. The summed E-state index contributed by atoms with van der Waals surface area (Å²) in [5.74, 6) is 0.0250. The molecule has 0 atom stereocenters. The molecule has 0 saturated carbocycles. The molecule has 0 aliphatic carbocycles. The van der Waals surface area contributed by atoms with Gasteiger partial charge in [-0.15, -0.1) is 0 Å². The average Bonchev–Trinajstić information content (AvgIpc) is 2.23. The monoisotopic (exact) mass is 268 g/mol. The molecule has 1 rings (SSSR count). The number of carbonyl (C=O) groups excluding carboxylic acids is 2. The molecule has 1 aliphatic heterocycles. The molecule has 2 amide bonds. The van der Waals surface area contributed by atoms with Gasteiger partial charge in [0.25, 0.3) is 0 Å². The molecule has 0 radical (unpaired) electrons. The second kappa shape index (κ2) is 7.51. The molecule has 1 N–H and O–H groups in total. The van der Waals surface area contributed by atoms with Crippen molar-refractivity contribution in [3.8, 4) is 0 Å². The van der Waals surface area contributed by atoms with Gasteiger partial charge in [0.05, 0.1) is 6.54 Å². The van der Waals surface area contributed by atoms with E-state index < -0.39 is 0 Å². The van der Waals surface area contributed by atoms with Crippen molar-refractivity contribution >= 4 is 11.8 Å². The summed E-state index contributed by atoms with van der Waals surface area (Å²) in [4.78, 5) is 25.6. The second-order valence-corrected chi connectivity index (χ2v) is 6.66. The van der Waals surface area contributed by atoms with Crippen LogP contribution in [0.3, 0.4) is 0 Å². The smallest absolute Gasteiger partial charge is 0.241 e. The number of carbonyl (C=O) groups is 2. The maximum absolute atomic E-state index is 12.0. The lowest BCUT2D eigenvalue weighted by molar-refractivity contribution is -0.133. The standard InChI is InChI=1S/C15H28N2O2/c1-15(2,3)11-13(18)16-12-14(19)17-9-7-5-4-6-8-10-17/h4-12H2,1-3H3,(H,16,18). The first-order valence-electron chi connectivity index (χ1n) is 7.43. The van der Waals surface area contributed by atoms with E-state index >= 15 is 0 Å². The minimum absolute atomic E-state index is 0.0341. The van der Waals surface area contributed by atoms with Crippen LogP contribution in [0, 0.1) is 5.41 Å². The van der Waals surface area contributed by atoms with E-state index in [1.807, 2.05) is 25.7 Å². The molecule has 0 unspecified atom stereocenters. The van der Waals surface area contributed by atoms with Crippen molar-refractivity contribution in [1.29, 1.82) is 0 Å². The molecule has 1 saturated heterocycles. The highest BCUT2D eigenvalue weighted by Gasteiger charge is 2.18. The molecule has 19 heavy (non-hydrogen) atoms. The van der Waals surface area contributed by atoms with Crippen molar-refractivity contribution in [3.63, 3.8) is 0 Å². The molecule has 0 bridgehead atoms. The third kappa shape index (κ3) is 7.19. The molecule has 0 spiro atoms. The van der Waals surface area contributed by atoms with Gasteiger partial charge in [-0.25, -0.2) is 0 Å². The van der Waals surface area contributed by atoms with E-state index in [1.165, 1.54) is 19.3 Å². The maximum Gasteiger partial charge on any atom is 0.241 e. The molecule has 110 valence electrons. The Morgan fingerprint density at radius 2 is 1.53 bits per heavy atom. The fourth-order valence-corrected chi connectivity index (χ4v) is 2.33. The first kappa shape index (κ1) is 16.0. The number of nitrogens with one attached hydrogen (secondary N) is 1. The summed E-state index contributed by atoms with van der Waals surface area (Å²) in [5.41, 5.74) is -0.0341. The Bertz CT molecular complexity index is 300. The van der Waals surface area contributed by atoms with Gasteiger partial charge in [0.15, 0.2) is 0 Å². The third-order valence-corrected chi connectivity index (χ3v) is 3.34. The van der Waals surface area contributed by atoms with Gasteiger partial charge in [0.2, 0.25) is 11.8 Å². The predicted octanol–water partition coefficient (Wildman–Crippen LogP) is 2.33. The van der Waals surface area contributed by atoms with Gasteiger partial charge in [0.1, 0.15) is 0 Å². The summed E-state index contributed by atoms with van der Waals surface area (Å²) in [7, 11) is 0. The van der Waals surface area contributed by atoms with Crippen molar-refractivity contribution in [2.24, 2.45) is 5.41 Å². The summed E-state index contributed by atoms with van der Waals surface area (Å²) in [6.45, 7) is 7.89. The molecule has 1 fully saturated rings. The quantitative estimate of drug-likeness (QED) is 0.854. The van der Waals surface area contributed by atoms with Gasteiger partial charge in [-0.1, -0.05) is 40.0 Å². The minimum Gasteiger partial charge on any atom is -0.347 e. The van der Waals surface area contributed by atoms with Crippen LogP contribution < -0.4 is 5.32 Å². The summed E-state index contributed by atoms with van der Waals surface area (Å²) in [6.07, 6.45) is 6.33. The van der Waals surface area contributed by atoms with E-state index in [-0.39, 0.29) is 23.8 Å². The maximum atomic E-state index is 12.0. The second-order valence-electron chi connectivity index (χ2n) is 6.66. The van der Waals surface area contributed by atoms with Gasteiger partial charge < -0.3 is 10.2 Å². The van der Waals surface area contributed by atoms with Gasteiger partial charge >= 0.3 is 0 Å². The van der Waals surface area contributed by atoms with Gasteiger partial charge in [0, 0.05) is 19.5 Å². The van der Waals surface area contributed by atoms with E-state index in [0.717, 1.165) is 25.9 Å². The molecule has 0 aromatic rings. The van der Waals surface area contributed by atoms with E-state index in [0.29, 0.717) is 6.42 Å². The van der Waals surface area contributed by atoms with Crippen LogP contribution in [0.15, 0.2) is 0 Å². The molecule has 4 nitrogen and oxygen atoms in total. The largest absolute Gasteiger partial charge is 0.347 e. The van der Waals surface area contributed by atoms with Crippen molar-refractivity contribution in [1.82, 2.24) is 10.2 Å². The zero-order valence-corrected chi connectivity index (χ0v) is 12.6. The van der Waals surface area contributed by atoms with E-state index in [2.05, 4.69) is 5.32 Å². The summed E-state index contributed by atoms with van der Waals surface area (Å²) >= 11 is 0. The van der Waals surface area contributed by atoms with Crippen LogP contribution in [0.4, 0.5) is 0 Å². The average molecular weight is 268 g/mol. The third-order valence-electron chi connectivity index (χ3n) is 3.34. The SMILES string of the molecule is CC(C)(C)CC(=O)NCC(=O)N1CCCCCCC1. The van der Waals surface area contributed by atoms with E-state index in [4.69, 9.17) is 0 Å². The highest BCUT2D eigenvalue weighted by Crippen LogP contribution is 2.17. The molecular formula is C15H28N2O2. The van der Waals surface area contributed by atoms with E-state index in [9.17, 15) is 9.59 Å². The highest BCUT2D eigenvalue weighted by atomic mass is 16.2. The Hall–Kier alpha value is -1.06.